The lowest BCUT2D eigenvalue weighted by atomic mass is 9.71. The number of nitrogens with zero attached hydrogens (tertiary/aromatic N) is 2. The van der Waals surface area contributed by atoms with E-state index >= 15 is 4.39 Å². The average molecular weight is 1260 g/mol. The molecule has 0 atom stereocenters. The zero-order valence-corrected chi connectivity index (χ0v) is 61.2. The quantitative estimate of drug-likeness (QED) is 0.106. The summed E-state index contributed by atoms with van der Waals surface area (Å²) >= 11 is 0. The highest BCUT2D eigenvalue weighted by Gasteiger charge is 2.35. The lowest BCUT2D eigenvalue weighted by Gasteiger charge is -2.34. The standard InChI is InChI=1S/C87H107FN2O4/c1-52-40-69(68-42-58(87(22,23)51-81(5,6)7)48-75(78(68)92)90-72-45-55(84(14,15)16)30-35-63(72)64-36-31-56(46-73(64)90)85(17,18)19)79(65-27-24-26-60(52)65)94-39-25-38-93-76-37-32-59(88)49-66(76)67-41-57(86(20,21)50-80(2,3)4)47-74(77(67)91)89-70-43-53(82(8,9)10)28-33-61(70)62-34-29-54(44-71(62)89)83(11,12)13/h28-37,40-49,91-92H,24-27,38-39,50-51H2,1-23H3. The number of hydrogen-bond donors (Lipinski definition) is 2. The van der Waals surface area contributed by atoms with Gasteiger partial charge in [0.2, 0.25) is 0 Å². The Bertz CT molecular complexity index is 4450. The number of rotatable bonds is 14. The van der Waals surface area contributed by atoms with E-state index in [1.165, 1.54) is 51.1 Å². The molecule has 2 aromatic heterocycles. The second-order valence-electron chi connectivity index (χ2n) is 35.7. The van der Waals surface area contributed by atoms with E-state index < -0.39 is 5.82 Å². The van der Waals surface area contributed by atoms with Gasteiger partial charge in [0.25, 0.3) is 0 Å². The van der Waals surface area contributed by atoms with Crippen LogP contribution in [-0.4, -0.2) is 32.6 Å². The molecule has 0 amide bonds. The predicted molar refractivity (Wildman–Crippen MR) is 397 cm³/mol. The molecule has 1 aliphatic rings. The molecule has 0 unspecified atom stereocenters. The molecular formula is C87H107FN2O4. The zero-order chi connectivity index (χ0) is 68.5. The van der Waals surface area contributed by atoms with Gasteiger partial charge in [-0.3, -0.25) is 0 Å². The Morgan fingerprint density at radius 3 is 1.15 bits per heavy atom. The number of halogens is 1. The minimum atomic E-state index is -0.423. The first kappa shape index (κ1) is 67.9. The van der Waals surface area contributed by atoms with Crippen LogP contribution in [0.15, 0.2) is 121 Å². The van der Waals surface area contributed by atoms with E-state index in [2.05, 4.69) is 272 Å². The largest absolute Gasteiger partial charge is 0.505 e. The van der Waals surface area contributed by atoms with Crippen LogP contribution in [0.1, 0.15) is 228 Å². The predicted octanol–water partition coefficient (Wildman–Crippen LogP) is 24.0. The van der Waals surface area contributed by atoms with E-state index in [0.717, 1.165) is 109 Å². The van der Waals surface area contributed by atoms with Gasteiger partial charge in [-0.2, -0.15) is 0 Å². The van der Waals surface area contributed by atoms with Crippen LogP contribution in [0.25, 0.3) is 77.2 Å². The summed E-state index contributed by atoms with van der Waals surface area (Å²) in [5, 5.41) is 31.2. The molecule has 11 rings (SSSR count). The molecular weight excluding hydrogens is 1160 g/mol. The van der Waals surface area contributed by atoms with Crippen LogP contribution in [0.3, 0.4) is 0 Å². The number of benzene rings is 8. The van der Waals surface area contributed by atoms with E-state index in [1.807, 2.05) is 0 Å². The second-order valence-corrected chi connectivity index (χ2v) is 35.7. The van der Waals surface area contributed by atoms with E-state index in [-0.39, 0.29) is 61.4 Å². The fourth-order valence-electron chi connectivity index (χ4n) is 15.6. The molecule has 0 fully saturated rings. The summed E-state index contributed by atoms with van der Waals surface area (Å²) in [4.78, 5) is 0. The van der Waals surface area contributed by atoms with Gasteiger partial charge in [-0.05, 0) is 205 Å². The number of ether oxygens (including phenoxy) is 2. The summed E-state index contributed by atoms with van der Waals surface area (Å²) in [5.74, 6) is 1.12. The maximum absolute atomic E-state index is 16.1. The normalized spacial score (nSPS) is 13.9. The van der Waals surface area contributed by atoms with Gasteiger partial charge in [-0.15, -0.1) is 0 Å². The number of hydrogen-bond acceptors (Lipinski definition) is 4. The second kappa shape index (κ2) is 23.7. The topological polar surface area (TPSA) is 68.8 Å². The van der Waals surface area contributed by atoms with Crippen LogP contribution in [0.4, 0.5) is 4.39 Å². The lowest BCUT2D eigenvalue weighted by molar-refractivity contribution is 0.247. The van der Waals surface area contributed by atoms with E-state index in [4.69, 9.17) is 9.47 Å². The van der Waals surface area contributed by atoms with Crippen LogP contribution in [0.5, 0.6) is 23.0 Å². The van der Waals surface area contributed by atoms with Crippen LogP contribution >= 0.6 is 0 Å². The number of aromatic hydroxyl groups is 2. The number of phenols is 2. The lowest BCUT2D eigenvalue weighted by Crippen LogP contribution is -2.25. The Hall–Kier alpha value is -7.51. The van der Waals surface area contributed by atoms with Crippen LogP contribution < -0.4 is 9.47 Å². The number of aryl methyl sites for hydroxylation is 1. The summed E-state index contributed by atoms with van der Waals surface area (Å²) in [5.41, 5.74) is 17.7. The highest BCUT2D eigenvalue weighted by Crippen LogP contribution is 2.52. The van der Waals surface area contributed by atoms with Gasteiger partial charge in [0, 0.05) is 50.2 Å². The molecule has 0 saturated carbocycles. The molecule has 0 radical (unpaired) electrons. The van der Waals surface area contributed by atoms with Crippen molar-refractivity contribution in [1.29, 1.82) is 0 Å². The first-order valence-electron chi connectivity index (χ1n) is 34.7. The van der Waals surface area contributed by atoms with Gasteiger partial charge in [-0.25, -0.2) is 4.39 Å². The van der Waals surface area contributed by atoms with Crippen molar-refractivity contribution in [3.8, 4) is 56.6 Å². The number of fused-ring (bicyclic) bond motifs is 7. The molecule has 0 aliphatic heterocycles. The molecule has 2 N–H and O–H groups in total. The summed E-state index contributed by atoms with van der Waals surface area (Å²) in [6.45, 7) is 52.8. The minimum absolute atomic E-state index is 0.0181. The first-order chi connectivity index (χ1) is 43.5. The monoisotopic (exact) mass is 1260 g/mol. The van der Waals surface area contributed by atoms with Crippen molar-refractivity contribution in [3.05, 3.63) is 177 Å². The molecule has 6 nitrogen and oxygen atoms in total. The van der Waals surface area contributed by atoms with Crippen molar-refractivity contribution in [2.45, 2.75) is 230 Å². The molecule has 2 heterocycles. The van der Waals surface area contributed by atoms with Crippen molar-refractivity contribution < 1.29 is 24.1 Å². The van der Waals surface area contributed by atoms with Crippen molar-refractivity contribution in [3.63, 3.8) is 0 Å². The summed E-state index contributed by atoms with van der Waals surface area (Å²) in [7, 11) is 0. The van der Waals surface area contributed by atoms with E-state index in [0.29, 0.717) is 35.6 Å². The van der Waals surface area contributed by atoms with Gasteiger partial charge in [0.1, 0.15) is 28.8 Å². The molecule has 496 valence electrons. The molecule has 1 aliphatic carbocycles. The molecule has 7 heteroatoms. The van der Waals surface area contributed by atoms with Gasteiger partial charge in [-0.1, -0.05) is 201 Å². The number of aromatic nitrogens is 2. The zero-order valence-electron chi connectivity index (χ0n) is 61.2. The Morgan fingerprint density at radius 1 is 0.394 bits per heavy atom. The molecule has 94 heavy (non-hydrogen) atoms. The van der Waals surface area contributed by atoms with Gasteiger partial charge < -0.3 is 28.8 Å². The maximum atomic E-state index is 16.1. The van der Waals surface area contributed by atoms with Crippen molar-refractivity contribution in [2.75, 3.05) is 13.2 Å². The SMILES string of the molecule is Cc1cc(-c2cc(C(C)(C)CC(C)(C)C)cc(-n3c4cc(C(C)(C)C)ccc4c4ccc(C(C)(C)C)cc43)c2O)c(OCCCOc2ccc(F)cc2-c2cc(C(C)(C)CC(C)(C)C)cc(-n3c4cc(C(C)(C)C)ccc4c4ccc(C(C)(C)C)cc43)c2O)c2c1CCC2. The molecule has 10 aromatic rings. The van der Waals surface area contributed by atoms with E-state index in [9.17, 15) is 10.2 Å². The Labute approximate surface area is 561 Å². The number of phenolic OH excluding ortho intramolecular Hbond substituents is 2. The van der Waals surface area contributed by atoms with Crippen molar-refractivity contribution >= 4 is 43.6 Å². The smallest absolute Gasteiger partial charge is 0.147 e. The average Bonchev–Trinajstić information content (AvgIpc) is 1.53. The minimum Gasteiger partial charge on any atom is -0.505 e. The van der Waals surface area contributed by atoms with E-state index in [1.54, 1.807) is 6.07 Å². The fourth-order valence-corrected chi connectivity index (χ4v) is 15.6. The van der Waals surface area contributed by atoms with Gasteiger partial charge >= 0.3 is 0 Å². The summed E-state index contributed by atoms with van der Waals surface area (Å²) in [6.07, 6.45) is 5.14. The third-order valence-electron chi connectivity index (χ3n) is 20.1. The molecule has 0 bridgehead atoms. The highest BCUT2D eigenvalue weighted by molar-refractivity contribution is 6.11. The fraction of sp³-hybridized carbons (Fsp3) is 0.448. The van der Waals surface area contributed by atoms with Gasteiger partial charge in [0.15, 0.2) is 0 Å². The Balaban J connectivity index is 1.01. The van der Waals surface area contributed by atoms with Crippen molar-refractivity contribution in [1.82, 2.24) is 9.13 Å². The van der Waals surface area contributed by atoms with Crippen LogP contribution in [0, 0.1) is 23.6 Å². The first-order valence-corrected chi connectivity index (χ1v) is 34.7. The highest BCUT2D eigenvalue weighted by atomic mass is 19.1. The maximum Gasteiger partial charge on any atom is 0.147 e. The van der Waals surface area contributed by atoms with Crippen LogP contribution in [-0.2, 0) is 45.3 Å². The molecule has 0 saturated heterocycles. The summed E-state index contributed by atoms with van der Waals surface area (Å²) < 4.78 is 34.8. The molecule has 8 aromatic carbocycles. The molecule has 0 spiro atoms. The Morgan fingerprint density at radius 2 is 0.766 bits per heavy atom. The van der Waals surface area contributed by atoms with Crippen LogP contribution in [0.2, 0.25) is 0 Å². The third kappa shape index (κ3) is 13.2. The van der Waals surface area contributed by atoms with Crippen molar-refractivity contribution in [2.24, 2.45) is 10.8 Å². The summed E-state index contributed by atoms with van der Waals surface area (Å²) in [6, 6.07) is 42.9. The third-order valence-corrected chi connectivity index (χ3v) is 20.1. The Kier molecular flexibility index (Phi) is 17.1. The van der Waals surface area contributed by atoms with Gasteiger partial charge in [0.05, 0.1) is 46.7 Å².